The van der Waals surface area contributed by atoms with Crippen molar-refractivity contribution >= 4 is 11.8 Å². The van der Waals surface area contributed by atoms with Gasteiger partial charge in [-0.25, -0.2) is 0 Å². The lowest BCUT2D eigenvalue weighted by Crippen LogP contribution is -2.51. The molecule has 0 N–H and O–H groups in total. The van der Waals surface area contributed by atoms with Crippen molar-refractivity contribution in [2.45, 2.75) is 19.8 Å². The maximum absolute atomic E-state index is 12.6. The van der Waals surface area contributed by atoms with Gasteiger partial charge in [0.25, 0.3) is 0 Å². The fourth-order valence-electron chi connectivity index (χ4n) is 3.32. The number of carbonyl (C=O) groups is 2. The minimum Gasteiger partial charge on any atom is -0.496 e. The van der Waals surface area contributed by atoms with E-state index in [4.69, 9.17) is 4.74 Å². The van der Waals surface area contributed by atoms with Gasteiger partial charge in [-0.2, -0.15) is 0 Å². The standard InChI is InChI=1S/C22H26N2O3/c1-17-7-9-18(10-8-17)15-21(25)23-11-13-24(14-12-23)22(26)16-19-5-3-4-6-20(19)27-2/h3-10H,11-16H2,1-2H3. The number of hydrogen-bond acceptors (Lipinski definition) is 3. The van der Waals surface area contributed by atoms with Crippen molar-refractivity contribution in [1.82, 2.24) is 9.80 Å². The van der Waals surface area contributed by atoms with Gasteiger partial charge in [0.15, 0.2) is 0 Å². The van der Waals surface area contributed by atoms with Crippen LogP contribution in [-0.2, 0) is 22.4 Å². The Hall–Kier alpha value is -2.82. The van der Waals surface area contributed by atoms with E-state index in [2.05, 4.69) is 0 Å². The van der Waals surface area contributed by atoms with Crippen LogP contribution in [0.25, 0.3) is 0 Å². The molecule has 5 nitrogen and oxygen atoms in total. The highest BCUT2D eigenvalue weighted by Crippen LogP contribution is 2.19. The number of methoxy groups -OCH3 is 1. The first-order valence-electron chi connectivity index (χ1n) is 9.30. The lowest BCUT2D eigenvalue weighted by Gasteiger charge is -2.35. The molecular weight excluding hydrogens is 340 g/mol. The van der Waals surface area contributed by atoms with Gasteiger partial charge in [0.2, 0.25) is 11.8 Å². The predicted octanol–water partition coefficient (Wildman–Crippen LogP) is 2.46. The van der Waals surface area contributed by atoms with Crippen LogP contribution in [0.15, 0.2) is 48.5 Å². The average Bonchev–Trinajstić information content (AvgIpc) is 2.70. The first kappa shape index (κ1) is 19.0. The number of benzene rings is 2. The Labute approximate surface area is 160 Å². The maximum Gasteiger partial charge on any atom is 0.227 e. The lowest BCUT2D eigenvalue weighted by atomic mass is 10.1. The van der Waals surface area contributed by atoms with Crippen LogP contribution in [0.4, 0.5) is 0 Å². The molecule has 2 aromatic carbocycles. The summed E-state index contributed by atoms with van der Waals surface area (Å²) in [4.78, 5) is 28.8. The summed E-state index contributed by atoms with van der Waals surface area (Å²) in [5, 5.41) is 0. The van der Waals surface area contributed by atoms with Crippen LogP contribution in [0.3, 0.4) is 0 Å². The second-order valence-corrected chi connectivity index (χ2v) is 6.91. The first-order valence-corrected chi connectivity index (χ1v) is 9.30. The molecule has 0 unspecified atom stereocenters. The smallest absolute Gasteiger partial charge is 0.227 e. The highest BCUT2D eigenvalue weighted by molar-refractivity contribution is 5.81. The van der Waals surface area contributed by atoms with Crippen molar-refractivity contribution < 1.29 is 14.3 Å². The predicted molar refractivity (Wildman–Crippen MR) is 105 cm³/mol. The Bertz CT molecular complexity index is 793. The van der Waals surface area contributed by atoms with Gasteiger partial charge in [-0.05, 0) is 18.6 Å². The van der Waals surface area contributed by atoms with E-state index < -0.39 is 0 Å². The largest absolute Gasteiger partial charge is 0.496 e. The fraction of sp³-hybridized carbons (Fsp3) is 0.364. The van der Waals surface area contributed by atoms with Crippen LogP contribution in [0, 0.1) is 6.92 Å². The molecule has 0 atom stereocenters. The number of aryl methyl sites for hydroxylation is 1. The van der Waals surface area contributed by atoms with E-state index in [0.717, 1.165) is 16.9 Å². The topological polar surface area (TPSA) is 49.9 Å². The zero-order valence-electron chi connectivity index (χ0n) is 16.0. The number of carbonyl (C=O) groups excluding carboxylic acids is 2. The molecule has 1 aliphatic heterocycles. The van der Waals surface area contributed by atoms with Gasteiger partial charge in [-0.3, -0.25) is 9.59 Å². The van der Waals surface area contributed by atoms with Crippen LogP contribution in [-0.4, -0.2) is 54.9 Å². The molecule has 1 fully saturated rings. The van der Waals surface area contributed by atoms with Crippen LogP contribution < -0.4 is 4.74 Å². The summed E-state index contributed by atoms with van der Waals surface area (Å²) in [6, 6.07) is 15.6. The molecule has 0 radical (unpaired) electrons. The number of ether oxygens (including phenoxy) is 1. The van der Waals surface area contributed by atoms with Gasteiger partial charge in [-0.15, -0.1) is 0 Å². The fourth-order valence-corrected chi connectivity index (χ4v) is 3.32. The third kappa shape index (κ3) is 4.88. The number of nitrogens with zero attached hydrogens (tertiary/aromatic N) is 2. The van der Waals surface area contributed by atoms with E-state index in [1.807, 2.05) is 65.3 Å². The van der Waals surface area contributed by atoms with Crippen molar-refractivity contribution in [3.8, 4) is 5.75 Å². The molecule has 1 heterocycles. The summed E-state index contributed by atoms with van der Waals surface area (Å²) in [5.41, 5.74) is 3.11. The van der Waals surface area contributed by atoms with Crippen molar-refractivity contribution in [2.24, 2.45) is 0 Å². The Balaban J connectivity index is 1.51. The third-order valence-electron chi connectivity index (χ3n) is 5.00. The molecule has 3 rings (SSSR count). The van der Waals surface area contributed by atoms with E-state index in [9.17, 15) is 9.59 Å². The molecule has 0 aromatic heterocycles. The molecule has 0 spiro atoms. The Morgan fingerprint density at radius 3 is 2.00 bits per heavy atom. The summed E-state index contributed by atoms with van der Waals surface area (Å²) < 4.78 is 5.32. The molecular formula is C22H26N2O3. The van der Waals surface area contributed by atoms with E-state index in [0.29, 0.717) is 39.0 Å². The molecule has 2 amide bonds. The minimum atomic E-state index is 0.0742. The summed E-state index contributed by atoms with van der Waals surface area (Å²) in [6.45, 7) is 4.36. The van der Waals surface area contributed by atoms with Gasteiger partial charge in [-0.1, -0.05) is 48.0 Å². The normalized spacial score (nSPS) is 14.1. The van der Waals surface area contributed by atoms with Crippen molar-refractivity contribution in [1.29, 1.82) is 0 Å². The molecule has 0 bridgehead atoms. The molecule has 5 heteroatoms. The van der Waals surface area contributed by atoms with E-state index in [1.165, 1.54) is 5.56 Å². The monoisotopic (exact) mass is 366 g/mol. The van der Waals surface area contributed by atoms with Crippen LogP contribution in [0.2, 0.25) is 0 Å². The zero-order chi connectivity index (χ0) is 19.2. The number of rotatable bonds is 5. The SMILES string of the molecule is COc1ccccc1CC(=O)N1CCN(C(=O)Cc2ccc(C)cc2)CC1. The highest BCUT2D eigenvalue weighted by atomic mass is 16.5. The summed E-state index contributed by atoms with van der Waals surface area (Å²) >= 11 is 0. The molecule has 27 heavy (non-hydrogen) atoms. The quantitative estimate of drug-likeness (QED) is 0.817. The van der Waals surface area contributed by atoms with Gasteiger partial charge >= 0.3 is 0 Å². The van der Waals surface area contributed by atoms with Crippen molar-refractivity contribution in [3.05, 3.63) is 65.2 Å². The average molecular weight is 366 g/mol. The van der Waals surface area contributed by atoms with Crippen molar-refractivity contribution in [2.75, 3.05) is 33.3 Å². The zero-order valence-corrected chi connectivity index (χ0v) is 16.0. The van der Waals surface area contributed by atoms with Gasteiger partial charge in [0.1, 0.15) is 5.75 Å². The molecule has 142 valence electrons. The highest BCUT2D eigenvalue weighted by Gasteiger charge is 2.24. The van der Waals surface area contributed by atoms with Crippen LogP contribution in [0.1, 0.15) is 16.7 Å². The second-order valence-electron chi connectivity index (χ2n) is 6.91. The van der Waals surface area contributed by atoms with Gasteiger partial charge in [0, 0.05) is 31.7 Å². The maximum atomic E-state index is 12.6. The molecule has 0 aliphatic carbocycles. The van der Waals surface area contributed by atoms with Crippen LogP contribution in [0.5, 0.6) is 5.75 Å². The Morgan fingerprint density at radius 1 is 0.852 bits per heavy atom. The van der Waals surface area contributed by atoms with Gasteiger partial charge in [0.05, 0.1) is 20.0 Å². The molecule has 1 saturated heterocycles. The Kier molecular flexibility index (Phi) is 6.12. The first-order chi connectivity index (χ1) is 13.1. The van der Waals surface area contributed by atoms with Gasteiger partial charge < -0.3 is 14.5 Å². The number of amides is 2. The molecule has 2 aromatic rings. The van der Waals surface area contributed by atoms with Crippen LogP contribution >= 0.6 is 0 Å². The lowest BCUT2D eigenvalue weighted by molar-refractivity contribution is -0.138. The second kappa shape index (κ2) is 8.71. The summed E-state index contributed by atoms with van der Waals surface area (Å²) in [5.74, 6) is 0.929. The Morgan fingerprint density at radius 2 is 1.41 bits per heavy atom. The van der Waals surface area contributed by atoms with E-state index in [1.54, 1.807) is 7.11 Å². The van der Waals surface area contributed by atoms with Crippen molar-refractivity contribution in [3.63, 3.8) is 0 Å². The molecule has 0 saturated carbocycles. The number of para-hydroxylation sites is 1. The summed E-state index contributed by atoms with van der Waals surface area (Å²) in [6.07, 6.45) is 0.733. The van der Waals surface area contributed by atoms with E-state index >= 15 is 0 Å². The third-order valence-corrected chi connectivity index (χ3v) is 5.00. The van der Waals surface area contributed by atoms with E-state index in [-0.39, 0.29) is 11.8 Å². The number of piperazine rings is 1. The molecule has 1 aliphatic rings. The summed E-state index contributed by atoms with van der Waals surface area (Å²) in [7, 11) is 1.61. The number of hydrogen-bond donors (Lipinski definition) is 0. The minimum absolute atomic E-state index is 0.0742.